The van der Waals surface area contributed by atoms with Gasteiger partial charge in [0.25, 0.3) is 0 Å². The summed E-state index contributed by atoms with van der Waals surface area (Å²) in [6.07, 6.45) is 2.53. The molecule has 0 saturated carbocycles. The van der Waals surface area contributed by atoms with E-state index in [0.717, 1.165) is 6.42 Å². The Kier molecular flexibility index (Phi) is 3.39. The summed E-state index contributed by atoms with van der Waals surface area (Å²) in [4.78, 5) is 0. The third-order valence-corrected chi connectivity index (χ3v) is 1.86. The lowest BCUT2D eigenvalue weighted by atomic mass is 10.1. The van der Waals surface area contributed by atoms with Crippen molar-refractivity contribution in [1.29, 1.82) is 0 Å². The lowest BCUT2D eigenvalue weighted by molar-refractivity contribution is 0.237. The highest BCUT2D eigenvalue weighted by molar-refractivity contribution is 5.26. The first-order valence-electron chi connectivity index (χ1n) is 4.17. The number of ether oxygens (including phenoxy) is 1. The monoisotopic (exact) mass is 162 g/mol. The smallest absolute Gasteiger partial charge is 0.113 e. The van der Waals surface area contributed by atoms with Crippen LogP contribution < -0.4 is 0 Å². The van der Waals surface area contributed by atoms with Crippen LogP contribution in [0.4, 0.5) is 0 Å². The molecular formula is C11H14O. The molecule has 0 aliphatic carbocycles. The van der Waals surface area contributed by atoms with Gasteiger partial charge in [0.2, 0.25) is 0 Å². The first-order valence-corrected chi connectivity index (χ1v) is 4.17. The summed E-state index contributed by atoms with van der Waals surface area (Å²) in [6.45, 7) is 6.29. The van der Waals surface area contributed by atoms with E-state index >= 15 is 0 Å². The molecule has 0 heterocycles. The third kappa shape index (κ3) is 2.12. The molecule has 1 rings (SSSR count). The van der Waals surface area contributed by atoms with Gasteiger partial charge in [0, 0.05) is 0 Å². The van der Waals surface area contributed by atoms with Gasteiger partial charge < -0.3 is 4.74 Å². The fourth-order valence-electron chi connectivity index (χ4n) is 1.19. The molecule has 64 valence electrons. The molecule has 0 fully saturated rings. The van der Waals surface area contributed by atoms with Gasteiger partial charge in [-0.05, 0) is 17.5 Å². The normalized spacial score (nSPS) is 9.42. The molecule has 0 amide bonds. The van der Waals surface area contributed by atoms with E-state index in [9.17, 15) is 0 Å². The van der Waals surface area contributed by atoms with Crippen LogP contribution in [0.1, 0.15) is 18.1 Å². The highest BCUT2D eigenvalue weighted by Crippen LogP contribution is 2.10. The molecule has 1 nitrogen and oxygen atoms in total. The number of rotatable bonds is 4. The Labute approximate surface area is 73.7 Å². The van der Waals surface area contributed by atoms with Crippen molar-refractivity contribution in [2.45, 2.75) is 20.0 Å². The van der Waals surface area contributed by atoms with Crippen molar-refractivity contribution in [3.05, 3.63) is 48.2 Å². The maximum Gasteiger partial charge on any atom is 0.113 e. The molecule has 1 aromatic rings. The summed E-state index contributed by atoms with van der Waals surface area (Å²) in [7, 11) is 0. The van der Waals surface area contributed by atoms with Gasteiger partial charge in [0.1, 0.15) is 6.61 Å². The summed E-state index contributed by atoms with van der Waals surface area (Å²) >= 11 is 0. The van der Waals surface area contributed by atoms with E-state index in [1.807, 2.05) is 6.07 Å². The molecule has 0 radical (unpaired) electrons. The Morgan fingerprint density at radius 3 is 2.58 bits per heavy atom. The molecular weight excluding hydrogens is 148 g/mol. The Hall–Kier alpha value is -1.24. The average Bonchev–Trinajstić information content (AvgIpc) is 2.15. The van der Waals surface area contributed by atoms with E-state index in [0.29, 0.717) is 6.61 Å². The highest BCUT2D eigenvalue weighted by Gasteiger charge is 1.97. The molecule has 0 atom stereocenters. The van der Waals surface area contributed by atoms with Crippen LogP contribution >= 0.6 is 0 Å². The molecule has 0 spiro atoms. The summed E-state index contributed by atoms with van der Waals surface area (Å²) in [5.74, 6) is 0. The van der Waals surface area contributed by atoms with Crippen molar-refractivity contribution < 1.29 is 4.74 Å². The zero-order valence-electron chi connectivity index (χ0n) is 7.42. The minimum absolute atomic E-state index is 0.632. The molecule has 1 heteroatoms. The molecule has 1 aromatic carbocycles. The molecule has 0 saturated heterocycles. The largest absolute Gasteiger partial charge is 0.497 e. The highest BCUT2D eigenvalue weighted by atomic mass is 16.5. The van der Waals surface area contributed by atoms with Crippen LogP contribution in [0.3, 0.4) is 0 Å². The molecule has 0 N–H and O–H groups in total. The molecule has 0 aliphatic heterocycles. The van der Waals surface area contributed by atoms with Crippen LogP contribution in [0.2, 0.25) is 0 Å². The van der Waals surface area contributed by atoms with Crippen molar-refractivity contribution >= 4 is 0 Å². The van der Waals surface area contributed by atoms with Crippen LogP contribution in [0, 0.1) is 0 Å². The van der Waals surface area contributed by atoms with Crippen LogP contribution in [0.5, 0.6) is 0 Å². The third-order valence-electron chi connectivity index (χ3n) is 1.86. The summed E-state index contributed by atoms with van der Waals surface area (Å²) < 4.78 is 5.13. The predicted octanol–water partition coefficient (Wildman–Crippen LogP) is 2.91. The topological polar surface area (TPSA) is 9.23 Å². The maximum absolute atomic E-state index is 5.13. The molecule has 0 bridgehead atoms. The first-order chi connectivity index (χ1) is 5.88. The average molecular weight is 162 g/mol. The fourth-order valence-corrected chi connectivity index (χ4v) is 1.19. The van der Waals surface area contributed by atoms with E-state index in [1.165, 1.54) is 17.4 Å². The van der Waals surface area contributed by atoms with Gasteiger partial charge in [0.05, 0.1) is 6.26 Å². The minimum Gasteiger partial charge on any atom is -0.497 e. The predicted molar refractivity (Wildman–Crippen MR) is 50.8 cm³/mol. The van der Waals surface area contributed by atoms with E-state index in [4.69, 9.17) is 4.74 Å². The van der Waals surface area contributed by atoms with E-state index in [2.05, 4.69) is 31.7 Å². The van der Waals surface area contributed by atoms with Gasteiger partial charge in [-0.15, -0.1) is 0 Å². The van der Waals surface area contributed by atoms with Gasteiger partial charge in [-0.3, -0.25) is 0 Å². The quantitative estimate of drug-likeness (QED) is 0.618. The van der Waals surface area contributed by atoms with E-state index < -0.39 is 0 Å². The van der Waals surface area contributed by atoms with Crippen molar-refractivity contribution in [2.24, 2.45) is 0 Å². The Morgan fingerprint density at radius 2 is 2.00 bits per heavy atom. The van der Waals surface area contributed by atoms with Crippen LogP contribution in [-0.2, 0) is 17.8 Å². The van der Waals surface area contributed by atoms with Gasteiger partial charge in [0.15, 0.2) is 0 Å². The minimum atomic E-state index is 0.632. The number of benzene rings is 1. The fraction of sp³-hybridized carbons (Fsp3) is 0.273. The second-order valence-corrected chi connectivity index (χ2v) is 2.60. The zero-order chi connectivity index (χ0) is 8.81. The molecule has 0 aliphatic rings. The number of aryl methyl sites for hydroxylation is 1. The van der Waals surface area contributed by atoms with Gasteiger partial charge in [-0.1, -0.05) is 37.8 Å². The second-order valence-electron chi connectivity index (χ2n) is 2.60. The Morgan fingerprint density at radius 1 is 1.33 bits per heavy atom. The summed E-state index contributed by atoms with van der Waals surface area (Å²) in [5, 5.41) is 0. The van der Waals surface area contributed by atoms with Crippen LogP contribution in [0.25, 0.3) is 0 Å². The van der Waals surface area contributed by atoms with Crippen LogP contribution in [-0.4, -0.2) is 0 Å². The lowest BCUT2D eigenvalue weighted by Gasteiger charge is -2.05. The van der Waals surface area contributed by atoms with Crippen molar-refractivity contribution in [2.75, 3.05) is 0 Å². The lowest BCUT2D eigenvalue weighted by Crippen LogP contribution is -1.92. The van der Waals surface area contributed by atoms with Gasteiger partial charge in [-0.2, -0.15) is 0 Å². The van der Waals surface area contributed by atoms with Crippen molar-refractivity contribution in [3.8, 4) is 0 Å². The number of hydrogen-bond donors (Lipinski definition) is 0. The van der Waals surface area contributed by atoms with Crippen molar-refractivity contribution in [1.82, 2.24) is 0 Å². The standard InChI is InChI=1S/C11H14O/c1-3-10-7-5-6-8-11(10)9-12-4-2/h4-8H,2-3,9H2,1H3. The number of hydrogen-bond acceptors (Lipinski definition) is 1. The van der Waals surface area contributed by atoms with Crippen molar-refractivity contribution in [3.63, 3.8) is 0 Å². The van der Waals surface area contributed by atoms with Crippen LogP contribution in [0.15, 0.2) is 37.1 Å². The SMILES string of the molecule is C=COCc1ccccc1CC. The van der Waals surface area contributed by atoms with E-state index in [-0.39, 0.29) is 0 Å². The zero-order valence-corrected chi connectivity index (χ0v) is 7.42. The van der Waals surface area contributed by atoms with E-state index in [1.54, 1.807) is 0 Å². The second kappa shape index (κ2) is 4.60. The summed E-state index contributed by atoms with van der Waals surface area (Å²) in [6, 6.07) is 8.29. The molecule has 0 aromatic heterocycles. The first kappa shape index (κ1) is 8.85. The maximum atomic E-state index is 5.13. The molecule has 0 unspecified atom stereocenters. The van der Waals surface area contributed by atoms with Gasteiger partial charge >= 0.3 is 0 Å². The Balaban J connectivity index is 2.74. The Bertz CT molecular complexity index is 253. The molecule has 12 heavy (non-hydrogen) atoms. The van der Waals surface area contributed by atoms with Gasteiger partial charge in [-0.25, -0.2) is 0 Å². The summed E-state index contributed by atoms with van der Waals surface area (Å²) in [5.41, 5.74) is 2.60.